The third-order valence-corrected chi connectivity index (χ3v) is 4.69. The number of benzene rings is 2. The third-order valence-electron chi connectivity index (χ3n) is 4.69. The minimum absolute atomic E-state index is 0.169. The predicted octanol–water partition coefficient (Wildman–Crippen LogP) is 3.42. The average molecular weight is 359 g/mol. The van der Waals surface area contributed by atoms with Crippen LogP contribution in [0.15, 0.2) is 77.0 Å². The van der Waals surface area contributed by atoms with Gasteiger partial charge in [0.2, 0.25) is 0 Å². The summed E-state index contributed by atoms with van der Waals surface area (Å²) >= 11 is 0. The Hall–Kier alpha value is -3.47. The Balaban J connectivity index is 1.38. The first-order valence-corrected chi connectivity index (χ1v) is 8.88. The monoisotopic (exact) mass is 359 g/mol. The van der Waals surface area contributed by atoms with Crippen molar-refractivity contribution >= 4 is 17.7 Å². The topological polar surface area (TPSA) is 71.5 Å². The molecule has 5 nitrogen and oxygen atoms in total. The normalized spacial score (nSPS) is 13.5. The zero-order chi connectivity index (χ0) is 18.6. The van der Waals surface area contributed by atoms with Crippen molar-refractivity contribution in [2.75, 3.05) is 4.90 Å². The molecule has 27 heavy (non-hydrogen) atoms. The van der Waals surface area contributed by atoms with Crippen molar-refractivity contribution in [1.82, 2.24) is 5.32 Å². The lowest BCUT2D eigenvalue weighted by molar-refractivity contribution is -0.117. The summed E-state index contributed by atoms with van der Waals surface area (Å²) in [6.45, 7) is 2.15. The third kappa shape index (κ3) is 3.87. The molecule has 3 N–H and O–H groups in total. The molecule has 0 atom stereocenters. The Morgan fingerprint density at radius 2 is 1.74 bits per heavy atom. The zero-order valence-electron chi connectivity index (χ0n) is 14.9. The lowest BCUT2D eigenvalue weighted by Gasteiger charge is -2.17. The van der Waals surface area contributed by atoms with Gasteiger partial charge in [0.25, 0.3) is 5.91 Å². The van der Waals surface area contributed by atoms with E-state index in [4.69, 9.17) is 10.2 Å². The average Bonchev–Trinajstić information content (AvgIpc) is 3.36. The molecule has 0 aliphatic carbocycles. The number of anilines is 1. The Morgan fingerprint density at radius 1 is 1.04 bits per heavy atom. The van der Waals surface area contributed by atoms with E-state index in [-0.39, 0.29) is 11.6 Å². The van der Waals surface area contributed by atoms with E-state index in [0.29, 0.717) is 12.3 Å². The summed E-state index contributed by atoms with van der Waals surface area (Å²) in [5.41, 5.74) is 10.9. The van der Waals surface area contributed by atoms with Gasteiger partial charge in [-0.05, 0) is 47.0 Å². The molecule has 0 spiro atoms. The first-order chi connectivity index (χ1) is 13.2. The van der Waals surface area contributed by atoms with E-state index in [1.54, 1.807) is 24.5 Å². The molecular formula is C22H21N3O2. The van der Waals surface area contributed by atoms with Gasteiger partial charge in [0.05, 0.1) is 18.5 Å². The lowest BCUT2D eigenvalue weighted by atomic mass is 10.1. The Kier molecular flexibility index (Phi) is 4.66. The molecule has 2 aromatic carbocycles. The molecule has 136 valence electrons. The highest BCUT2D eigenvalue weighted by Gasteiger charge is 2.18. The fraction of sp³-hybridized carbons (Fsp3) is 0.136. The fourth-order valence-corrected chi connectivity index (χ4v) is 3.22. The Labute approximate surface area is 158 Å². The Bertz CT molecular complexity index is 934. The molecule has 0 unspecified atom stereocenters. The zero-order valence-corrected chi connectivity index (χ0v) is 14.9. The molecule has 0 fully saturated rings. The summed E-state index contributed by atoms with van der Waals surface area (Å²) in [6.07, 6.45) is 3.25. The van der Waals surface area contributed by atoms with E-state index in [2.05, 4.69) is 46.6 Å². The molecule has 1 amide bonds. The van der Waals surface area contributed by atoms with Crippen LogP contribution < -0.4 is 16.0 Å². The van der Waals surface area contributed by atoms with Gasteiger partial charge in [-0.2, -0.15) is 0 Å². The van der Waals surface area contributed by atoms with Crippen molar-refractivity contribution < 1.29 is 9.21 Å². The number of carbonyl (C=O) groups excluding carboxylic acids is 1. The highest BCUT2D eigenvalue weighted by Crippen LogP contribution is 2.28. The second-order valence-corrected chi connectivity index (χ2v) is 6.58. The molecule has 2 heterocycles. The second-order valence-electron chi connectivity index (χ2n) is 6.58. The van der Waals surface area contributed by atoms with E-state index < -0.39 is 0 Å². The summed E-state index contributed by atoms with van der Waals surface area (Å²) in [5.74, 6) is 0.373. The van der Waals surface area contributed by atoms with Crippen LogP contribution in [0.1, 0.15) is 22.5 Å². The number of hydrogen-bond acceptors (Lipinski definition) is 4. The van der Waals surface area contributed by atoms with Crippen LogP contribution in [0.2, 0.25) is 0 Å². The van der Waals surface area contributed by atoms with Gasteiger partial charge in [0.15, 0.2) is 0 Å². The van der Waals surface area contributed by atoms with Crippen molar-refractivity contribution in [1.29, 1.82) is 0 Å². The number of rotatable bonds is 5. The standard InChI is InChI=1S/C22H21N3O2/c23-21(22(26)24-13-20-6-3-11-27-20)12-16-7-9-19(10-8-16)25-14-17-4-1-2-5-18(17)15-25/h1-12H,13-15,23H2,(H,24,26)/b21-12-. The number of nitrogens with two attached hydrogens (primary N) is 1. The number of hydrogen-bond donors (Lipinski definition) is 2. The number of furan rings is 1. The molecule has 5 heteroatoms. The van der Waals surface area contributed by atoms with E-state index in [1.807, 2.05) is 12.1 Å². The molecular weight excluding hydrogens is 338 g/mol. The van der Waals surface area contributed by atoms with Crippen LogP contribution in [0.5, 0.6) is 0 Å². The van der Waals surface area contributed by atoms with E-state index in [9.17, 15) is 4.79 Å². The molecule has 1 aliphatic heterocycles. The summed E-state index contributed by atoms with van der Waals surface area (Å²) < 4.78 is 5.19. The number of carbonyl (C=O) groups is 1. The van der Waals surface area contributed by atoms with Gasteiger partial charge in [0, 0.05) is 18.8 Å². The maximum Gasteiger partial charge on any atom is 0.267 e. The smallest absolute Gasteiger partial charge is 0.267 e. The molecule has 1 aliphatic rings. The van der Waals surface area contributed by atoms with E-state index >= 15 is 0 Å². The van der Waals surface area contributed by atoms with Crippen molar-refractivity contribution in [2.24, 2.45) is 5.73 Å². The van der Waals surface area contributed by atoms with Gasteiger partial charge in [-0.3, -0.25) is 4.79 Å². The van der Waals surface area contributed by atoms with Gasteiger partial charge in [0.1, 0.15) is 5.76 Å². The molecule has 4 rings (SSSR count). The number of amides is 1. The predicted molar refractivity (Wildman–Crippen MR) is 105 cm³/mol. The maximum absolute atomic E-state index is 12.1. The van der Waals surface area contributed by atoms with Gasteiger partial charge in [-0.25, -0.2) is 0 Å². The SMILES string of the molecule is N/C(=C\c1ccc(N2Cc3ccccc3C2)cc1)C(=O)NCc1ccco1. The summed E-state index contributed by atoms with van der Waals surface area (Å²) in [7, 11) is 0. The van der Waals surface area contributed by atoms with Crippen LogP contribution in [0.4, 0.5) is 5.69 Å². The first-order valence-electron chi connectivity index (χ1n) is 8.88. The molecule has 0 saturated heterocycles. The van der Waals surface area contributed by atoms with Gasteiger partial charge < -0.3 is 20.4 Å². The molecule has 3 aromatic rings. The Morgan fingerprint density at radius 3 is 2.37 bits per heavy atom. The molecule has 1 aromatic heterocycles. The lowest BCUT2D eigenvalue weighted by Crippen LogP contribution is -2.27. The van der Waals surface area contributed by atoms with Crippen LogP contribution >= 0.6 is 0 Å². The summed E-state index contributed by atoms with van der Waals surface area (Å²) in [5, 5.41) is 2.74. The van der Waals surface area contributed by atoms with Crippen molar-refractivity contribution in [3.05, 3.63) is 95.1 Å². The molecule has 0 bridgehead atoms. The number of nitrogens with one attached hydrogen (secondary N) is 1. The van der Waals surface area contributed by atoms with Crippen LogP contribution in [-0.2, 0) is 24.4 Å². The summed E-state index contributed by atoms with van der Waals surface area (Å²) in [6, 6.07) is 20.2. The highest BCUT2D eigenvalue weighted by atomic mass is 16.3. The van der Waals surface area contributed by atoms with Gasteiger partial charge in [-0.15, -0.1) is 0 Å². The minimum Gasteiger partial charge on any atom is -0.467 e. The van der Waals surface area contributed by atoms with Crippen molar-refractivity contribution in [3.8, 4) is 0 Å². The van der Waals surface area contributed by atoms with Crippen molar-refractivity contribution in [3.63, 3.8) is 0 Å². The molecule has 0 radical (unpaired) electrons. The number of nitrogens with zero attached hydrogens (tertiary/aromatic N) is 1. The van der Waals surface area contributed by atoms with Crippen LogP contribution in [0, 0.1) is 0 Å². The number of fused-ring (bicyclic) bond motifs is 1. The van der Waals surface area contributed by atoms with Crippen LogP contribution in [-0.4, -0.2) is 5.91 Å². The fourth-order valence-electron chi connectivity index (χ4n) is 3.22. The van der Waals surface area contributed by atoms with E-state index in [1.165, 1.54) is 11.1 Å². The molecule has 0 saturated carbocycles. The van der Waals surface area contributed by atoms with E-state index in [0.717, 1.165) is 24.3 Å². The van der Waals surface area contributed by atoms with Crippen molar-refractivity contribution in [2.45, 2.75) is 19.6 Å². The maximum atomic E-state index is 12.1. The van der Waals surface area contributed by atoms with Gasteiger partial charge in [-0.1, -0.05) is 36.4 Å². The quantitative estimate of drug-likeness (QED) is 0.685. The largest absolute Gasteiger partial charge is 0.467 e. The summed E-state index contributed by atoms with van der Waals surface area (Å²) in [4.78, 5) is 14.4. The van der Waals surface area contributed by atoms with Crippen LogP contribution in [0.3, 0.4) is 0 Å². The van der Waals surface area contributed by atoms with Gasteiger partial charge >= 0.3 is 0 Å². The second kappa shape index (κ2) is 7.41. The first kappa shape index (κ1) is 17.0. The highest BCUT2D eigenvalue weighted by molar-refractivity contribution is 5.96. The minimum atomic E-state index is -0.314. The van der Waals surface area contributed by atoms with Crippen LogP contribution in [0.25, 0.3) is 6.08 Å².